The molecule has 2 rings (SSSR count). The molecule has 29 heavy (non-hydrogen) atoms. The van der Waals surface area contributed by atoms with Crippen molar-refractivity contribution in [2.24, 2.45) is 0 Å². The fourth-order valence-corrected chi connectivity index (χ4v) is 4.01. The zero-order chi connectivity index (χ0) is 22.0. The second-order valence-electron chi connectivity index (χ2n) is 6.31. The van der Waals surface area contributed by atoms with E-state index in [0.717, 1.165) is 37.3 Å². The number of hydrogen-bond donors (Lipinski definition) is 2. The maximum absolute atomic E-state index is 13.3. The van der Waals surface area contributed by atoms with Crippen molar-refractivity contribution in [2.45, 2.75) is 23.6 Å². The van der Waals surface area contributed by atoms with Crippen molar-refractivity contribution < 1.29 is 35.9 Å². The van der Waals surface area contributed by atoms with Crippen LogP contribution >= 0.6 is 0 Å². The number of amides is 1. The van der Waals surface area contributed by atoms with Crippen molar-refractivity contribution in [2.75, 3.05) is 11.1 Å². The first-order valence-corrected chi connectivity index (χ1v) is 9.55. The van der Waals surface area contributed by atoms with Gasteiger partial charge in [0.05, 0.1) is 27.8 Å². The minimum Gasteiger partial charge on any atom is -0.379 e. The number of carbonyl (C=O) groups excluding carboxylic acids is 1. The summed E-state index contributed by atoms with van der Waals surface area (Å²) in [4.78, 5) is 11.8. The molecule has 0 fully saturated rings. The van der Waals surface area contributed by atoms with E-state index < -0.39 is 60.8 Å². The molecule has 0 bridgehead atoms. The number of nitrogens with zero attached hydrogens (tertiary/aromatic N) is 1. The Hall–Kier alpha value is -2.97. The van der Waals surface area contributed by atoms with Crippen molar-refractivity contribution in [1.29, 1.82) is 5.26 Å². The molecule has 6 nitrogen and oxygen atoms in total. The zero-order valence-corrected chi connectivity index (χ0v) is 15.6. The van der Waals surface area contributed by atoms with Gasteiger partial charge in [-0.3, -0.25) is 4.79 Å². The van der Waals surface area contributed by atoms with Gasteiger partial charge in [-0.25, -0.2) is 12.8 Å². The molecular formula is C18H14F4N2O4S. The van der Waals surface area contributed by atoms with Gasteiger partial charge in [-0.15, -0.1) is 0 Å². The average molecular weight is 430 g/mol. The predicted molar refractivity (Wildman–Crippen MR) is 93.9 cm³/mol. The van der Waals surface area contributed by atoms with Gasteiger partial charge in [0, 0.05) is 5.69 Å². The Morgan fingerprint density at radius 1 is 1.21 bits per heavy atom. The molecule has 0 aliphatic heterocycles. The number of anilines is 1. The summed E-state index contributed by atoms with van der Waals surface area (Å²) in [6.45, 7) is 0.855. The fraction of sp³-hybridized carbons (Fsp3) is 0.222. The summed E-state index contributed by atoms with van der Waals surface area (Å²) in [6.07, 6.45) is -4.87. The monoisotopic (exact) mass is 430 g/mol. The maximum atomic E-state index is 13.3. The molecule has 0 aliphatic rings. The standard InChI is InChI=1S/C18H14F4N2O4S/c1-17(26,10-29(27,28)14-4-2-3-12(19)7-14)16(25)24-13-6-5-11(9-23)15(8-13)18(20,21)22/h2-8,26H,10H2,1H3,(H,24,25)/t17-/m0/s1. The molecule has 2 aromatic rings. The van der Waals surface area contributed by atoms with E-state index in [1.807, 2.05) is 5.32 Å². The lowest BCUT2D eigenvalue weighted by atomic mass is 10.1. The molecule has 0 spiro atoms. The summed E-state index contributed by atoms with van der Waals surface area (Å²) in [5.41, 5.74) is -4.91. The lowest BCUT2D eigenvalue weighted by molar-refractivity contribution is -0.137. The number of sulfone groups is 1. The topological polar surface area (TPSA) is 107 Å². The number of hydrogen-bond acceptors (Lipinski definition) is 5. The normalized spacial score (nSPS) is 14.0. The lowest BCUT2D eigenvalue weighted by Gasteiger charge is -2.22. The van der Waals surface area contributed by atoms with Crippen molar-refractivity contribution in [3.8, 4) is 6.07 Å². The second kappa shape index (κ2) is 7.81. The van der Waals surface area contributed by atoms with Gasteiger partial charge in [-0.1, -0.05) is 6.07 Å². The Kier molecular flexibility index (Phi) is 6.01. The van der Waals surface area contributed by atoms with Crippen LogP contribution in [0.1, 0.15) is 18.1 Å². The summed E-state index contributed by atoms with van der Waals surface area (Å²) in [6, 6.07) is 7.62. The summed E-state index contributed by atoms with van der Waals surface area (Å²) in [5, 5.41) is 21.0. The SMILES string of the molecule is C[C@](O)(CS(=O)(=O)c1cccc(F)c1)C(=O)Nc1ccc(C#N)c(C(F)(F)F)c1. The highest BCUT2D eigenvalue weighted by molar-refractivity contribution is 7.91. The first-order chi connectivity index (χ1) is 13.3. The molecule has 0 aromatic heterocycles. The minimum absolute atomic E-state index is 0.398. The number of nitrogens with one attached hydrogen (secondary N) is 1. The Balaban J connectivity index is 2.27. The van der Waals surface area contributed by atoms with E-state index in [0.29, 0.717) is 12.1 Å². The second-order valence-corrected chi connectivity index (χ2v) is 8.30. The van der Waals surface area contributed by atoms with Gasteiger partial charge >= 0.3 is 6.18 Å². The van der Waals surface area contributed by atoms with Crippen LogP contribution in [0.25, 0.3) is 0 Å². The van der Waals surface area contributed by atoms with Crippen LogP contribution in [0.5, 0.6) is 0 Å². The van der Waals surface area contributed by atoms with Gasteiger partial charge in [-0.05, 0) is 43.3 Å². The first kappa shape index (κ1) is 22.3. The number of carbonyl (C=O) groups is 1. The Morgan fingerprint density at radius 2 is 1.86 bits per heavy atom. The number of alkyl halides is 3. The molecule has 154 valence electrons. The highest BCUT2D eigenvalue weighted by Gasteiger charge is 2.38. The minimum atomic E-state index is -4.87. The van der Waals surface area contributed by atoms with E-state index in [4.69, 9.17) is 5.26 Å². The third-order valence-corrected chi connectivity index (χ3v) is 5.73. The van der Waals surface area contributed by atoms with Gasteiger partial charge < -0.3 is 10.4 Å². The van der Waals surface area contributed by atoms with Crippen molar-refractivity contribution in [3.05, 3.63) is 59.4 Å². The van der Waals surface area contributed by atoms with Crippen LogP contribution in [0.2, 0.25) is 0 Å². The smallest absolute Gasteiger partial charge is 0.379 e. The van der Waals surface area contributed by atoms with E-state index in [1.165, 1.54) is 6.07 Å². The Morgan fingerprint density at radius 3 is 2.41 bits per heavy atom. The van der Waals surface area contributed by atoms with Crippen LogP contribution in [0, 0.1) is 17.1 Å². The predicted octanol–water partition coefficient (Wildman–Crippen LogP) is 2.88. The van der Waals surface area contributed by atoms with E-state index >= 15 is 0 Å². The molecule has 0 unspecified atom stereocenters. The highest BCUT2D eigenvalue weighted by atomic mass is 32.2. The van der Waals surface area contributed by atoms with Crippen molar-refractivity contribution >= 4 is 21.4 Å². The summed E-state index contributed by atoms with van der Waals surface area (Å²) in [7, 11) is -4.29. The summed E-state index contributed by atoms with van der Waals surface area (Å²) >= 11 is 0. The van der Waals surface area contributed by atoms with Gasteiger partial charge in [0.15, 0.2) is 15.4 Å². The van der Waals surface area contributed by atoms with Crippen LogP contribution < -0.4 is 5.32 Å². The van der Waals surface area contributed by atoms with Crippen LogP contribution in [-0.2, 0) is 20.8 Å². The van der Waals surface area contributed by atoms with Gasteiger partial charge in [0.2, 0.25) is 0 Å². The van der Waals surface area contributed by atoms with E-state index in [2.05, 4.69) is 0 Å². The van der Waals surface area contributed by atoms with Gasteiger partial charge in [0.1, 0.15) is 5.82 Å². The molecule has 2 N–H and O–H groups in total. The molecule has 0 aliphatic carbocycles. The summed E-state index contributed by atoms with van der Waals surface area (Å²) in [5.74, 6) is -3.28. The molecule has 0 radical (unpaired) electrons. The third-order valence-electron chi connectivity index (χ3n) is 3.82. The van der Waals surface area contributed by atoms with Gasteiger partial charge in [-0.2, -0.15) is 18.4 Å². The van der Waals surface area contributed by atoms with Crippen molar-refractivity contribution in [1.82, 2.24) is 0 Å². The number of nitriles is 1. The average Bonchev–Trinajstić information content (AvgIpc) is 2.60. The van der Waals surface area contributed by atoms with Crippen LogP contribution in [-0.4, -0.2) is 30.8 Å². The Labute approximate surface area is 163 Å². The van der Waals surface area contributed by atoms with Gasteiger partial charge in [0.25, 0.3) is 5.91 Å². The number of benzene rings is 2. The molecule has 1 amide bonds. The molecule has 0 saturated heterocycles. The molecule has 1 atom stereocenters. The molecule has 11 heteroatoms. The summed E-state index contributed by atoms with van der Waals surface area (Å²) < 4.78 is 76.9. The van der Waals surface area contributed by atoms with E-state index in [-0.39, 0.29) is 0 Å². The Bertz CT molecular complexity index is 1090. The third kappa shape index (κ3) is 5.30. The number of aliphatic hydroxyl groups is 1. The molecular weight excluding hydrogens is 416 g/mol. The quantitative estimate of drug-likeness (QED) is 0.710. The maximum Gasteiger partial charge on any atom is 0.417 e. The van der Waals surface area contributed by atoms with Crippen molar-refractivity contribution in [3.63, 3.8) is 0 Å². The molecule has 0 heterocycles. The fourth-order valence-electron chi connectivity index (χ4n) is 2.40. The molecule has 0 saturated carbocycles. The highest BCUT2D eigenvalue weighted by Crippen LogP contribution is 2.33. The van der Waals surface area contributed by atoms with E-state index in [1.54, 1.807) is 0 Å². The lowest BCUT2D eigenvalue weighted by Crippen LogP contribution is -2.45. The number of rotatable bonds is 5. The largest absolute Gasteiger partial charge is 0.417 e. The zero-order valence-electron chi connectivity index (χ0n) is 14.8. The van der Waals surface area contributed by atoms with Crippen LogP contribution in [0.4, 0.5) is 23.2 Å². The van der Waals surface area contributed by atoms with Crippen LogP contribution in [0.15, 0.2) is 47.4 Å². The van der Waals surface area contributed by atoms with Crippen LogP contribution in [0.3, 0.4) is 0 Å². The first-order valence-electron chi connectivity index (χ1n) is 7.90. The number of halogens is 4. The molecule has 2 aromatic carbocycles. The van der Waals surface area contributed by atoms with E-state index in [9.17, 15) is 35.9 Å².